The van der Waals surface area contributed by atoms with E-state index < -0.39 is 0 Å². The first kappa shape index (κ1) is 13.9. The van der Waals surface area contributed by atoms with Crippen molar-refractivity contribution in [3.63, 3.8) is 0 Å². The van der Waals surface area contributed by atoms with Gasteiger partial charge in [0.1, 0.15) is 5.75 Å². The van der Waals surface area contributed by atoms with Gasteiger partial charge >= 0.3 is 0 Å². The molecule has 20 heavy (non-hydrogen) atoms. The van der Waals surface area contributed by atoms with Gasteiger partial charge in [0.05, 0.1) is 7.11 Å². The van der Waals surface area contributed by atoms with E-state index in [-0.39, 0.29) is 0 Å². The van der Waals surface area contributed by atoms with E-state index in [1.807, 2.05) is 6.07 Å². The summed E-state index contributed by atoms with van der Waals surface area (Å²) in [6.07, 6.45) is 8.30. The summed E-state index contributed by atoms with van der Waals surface area (Å²) in [7, 11) is 1.74. The van der Waals surface area contributed by atoms with Crippen molar-refractivity contribution in [2.45, 2.75) is 63.5 Å². The molecule has 0 aliphatic heterocycles. The Morgan fingerprint density at radius 2 is 1.95 bits per heavy atom. The lowest BCUT2D eigenvalue weighted by Crippen LogP contribution is -2.46. The van der Waals surface area contributed by atoms with Crippen molar-refractivity contribution < 1.29 is 4.74 Å². The van der Waals surface area contributed by atoms with Gasteiger partial charge in [-0.3, -0.25) is 0 Å². The predicted octanol–water partition coefficient (Wildman–Crippen LogP) is 4.11. The van der Waals surface area contributed by atoms with Gasteiger partial charge in [-0.1, -0.05) is 25.0 Å². The first-order chi connectivity index (χ1) is 9.76. The Hall–Kier alpha value is -1.02. The molecular weight excluding hydrogens is 246 g/mol. The molecule has 2 heteroatoms. The molecule has 3 rings (SSSR count). The molecule has 2 saturated carbocycles. The van der Waals surface area contributed by atoms with E-state index in [9.17, 15) is 0 Å². The number of rotatable bonds is 5. The molecule has 2 aliphatic carbocycles. The quantitative estimate of drug-likeness (QED) is 0.871. The zero-order valence-corrected chi connectivity index (χ0v) is 12.8. The number of methoxy groups -OCH3 is 1. The lowest BCUT2D eigenvalue weighted by molar-refractivity contribution is 0.238. The third-order valence-electron chi connectivity index (χ3n) is 5.31. The lowest BCUT2D eigenvalue weighted by Gasteiger charge is -2.39. The van der Waals surface area contributed by atoms with Crippen LogP contribution in [-0.2, 0) is 0 Å². The summed E-state index contributed by atoms with van der Waals surface area (Å²) < 4.78 is 5.32. The van der Waals surface area contributed by atoms with Crippen molar-refractivity contribution in [2.75, 3.05) is 7.11 Å². The Bertz CT molecular complexity index is 433. The molecule has 1 N–H and O–H groups in total. The van der Waals surface area contributed by atoms with Crippen LogP contribution in [0.1, 0.15) is 56.9 Å². The molecule has 2 aliphatic rings. The second kappa shape index (κ2) is 6.17. The fraction of sp³-hybridized carbons (Fsp3) is 0.667. The fourth-order valence-electron chi connectivity index (χ4n) is 3.89. The molecule has 1 aromatic carbocycles. The molecule has 0 unspecified atom stereocenters. The van der Waals surface area contributed by atoms with E-state index in [0.717, 1.165) is 23.6 Å². The minimum Gasteiger partial charge on any atom is -0.497 e. The Labute approximate surface area is 122 Å². The molecule has 0 radical (unpaired) electrons. The van der Waals surface area contributed by atoms with Gasteiger partial charge in [-0.15, -0.1) is 0 Å². The molecule has 0 amide bonds. The summed E-state index contributed by atoms with van der Waals surface area (Å²) in [5, 5.41) is 3.86. The Kier molecular flexibility index (Phi) is 4.30. The molecule has 0 heterocycles. The number of nitrogens with one attached hydrogen (secondary N) is 1. The van der Waals surface area contributed by atoms with Gasteiger partial charge in [0.2, 0.25) is 0 Å². The molecule has 0 spiro atoms. The van der Waals surface area contributed by atoms with Crippen LogP contribution in [0.2, 0.25) is 0 Å². The highest BCUT2D eigenvalue weighted by Crippen LogP contribution is 2.39. The molecule has 2 nitrogen and oxygen atoms in total. The summed E-state index contributed by atoms with van der Waals surface area (Å²) >= 11 is 0. The van der Waals surface area contributed by atoms with Crippen LogP contribution in [0.3, 0.4) is 0 Å². The van der Waals surface area contributed by atoms with E-state index in [4.69, 9.17) is 4.74 Å². The van der Waals surface area contributed by atoms with Crippen LogP contribution < -0.4 is 10.1 Å². The number of hydrogen-bond acceptors (Lipinski definition) is 2. The van der Waals surface area contributed by atoms with Crippen molar-refractivity contribution in [3.05, 3.63) is 29.8 Å². The average molecular weight is 273 g/mol. The summed E-state index contributed by atoms with van der Waals surface area (Å²) in [6.45, 7) is 2.38. The maximum atomic E-state index is 5.32. The predicted molar refractivity (Wildman–Crippen MR) is 83.3 cm³/mol. The van der Waals surface area contributed by atoms with E-state index >= 15 is 0 Å². The molecule has 110 valence electrons. The Balaban J connectivity index is 1.48. The van der Waals surface area contributed by atoms with Crippen LogP contribution in [0.25, 0.3) is 0 Å². The zero-order valence-electron chi connectivity index (χ0n) is 12.8. The third kappa shape index (κ3) is 3.01. The van der Waals surface area contributed by atoms with E-state index in [0.29, 0.717) is 6.04 Å². The summed E-state index contributed by atoms with van der Waals surface area (Å²) in [5.74, 6) is 2.63. The Morgan fingerprint density at radius 3 is 2.65 bits per heavy atom. The molecule has 1 atom stereocenters. The number of hydrogen-bond donors (Lipinski definition) is 1. The smallest absolute Gasteiger partial charge is 0.119 e. The maximum absolute atomic E-state index is 5.32. The van der Waals surface area contributed by atoms with Crippen LogP contribution in [0.15, 0.2) is 24.3 Å². The first-order valence-corrected chi connectivity index (χ1v) is 8.16. The molecule has 2 fully saturated rings. The van der Waals surface area contributed by atoms with Gasteiger partial charge in [-0.2, -0.15) is 0 Å². The normalized spacial score (nSPS) is 28.1. The molecule has 0 saturated heterocycles. The van der Waals surface area contributed by atoms with Gasteiger partial charge in [-0.05, 0) is 62.1 Å². The lowest BCUT2D eigenvalue weighted by atomic mass is 9.75. The van der Waals surface area contributed by atoms with Crippen molar-refractivity contribution in [1.29, 1.82) is 0 Å². The van der Waals surface area contributed by atoms with Gasteiger partial charge < -0.3 is 10.1 Å². The second-order valence-electron chi connectivity index (χ2n) is 6.64. The van der Waals surface area contributed by atoms with E-state index in [1.54, 1.807) is 7.11 Å². The van der Waals surface area contributed by atoms with Gasteiger partial charge in [0, 0.05) is 12.1 Å². The number of benzene rings is 1. The summed E-state index contributed by atoms with van der Waals surface area (Å²) in [4.78, 5) is 0. The zero-order chi connectivity index (χ0) is 13.9. The van der Waals surface area contributed by atoms with Crippen LogP contribution in [0, 0.1) is 5.92 Å². The van der Waals surface area contributed by atoms with Gasteiger partial charge in [-0.25, -0.2) is 0 Å². The van der Waals surface area contributed by atoms with Crippen molar-refractivity contribution in [2.24, 2.45) is 5.92 Å². The van der Waals surface area contributed by atoms with E-state index in [2.05, 4.69) is 30.4 Å². The first-order valence-electron chi connectivity index (χ1n) is 8.16. The summed E-state index contributed by atoms with van der Waals surface area (Å²) in [5.41, 5.74) is 1.44. The largest absolute Gasteiger partial charge is 0.497 e. The molecule has 0 aromatic heterocycles. The highest BCUT2D eigenvalue weighted by Gasteiger charge is 2.33. The highest BCUT2D eigenvalue weighted by atomic mass is 16.5. The SMILES string of the molecule is COc1cccc(C2CC(N[C@@H](C)C3CCCC3)C2)c1. The molecule has 1 aromatic rings. The topological polar surface area (TPSA) is 21.3 Å². The summed E-state index contributed by atoms with van der Waals surface area (Å²) in [6, 6.07) is 10.00. The molecular formula is C18H27NO. The Morgan fingerprint density at radius 1 is 1.20 bits per heavy atom. The standard InChI is InChI=1S/C18H27NO/c1-13(14-6-3-4-7-14)19-17-10-16(11-17)15-8-5-9-18(12-15)20-2/h5,8-9,12-14,16-17,19H,3-4,6-7,10-11H2,1-2H3/t13-,16?,17?/m0/s1. The van der Waals surface area contributed by atoms with Crippen LogP contribution >= 0.6 is 0 Å². The van der Waals surface area contributed by atoms with Crippen LogP contribution in [0.5, 0.6) is 5.75 Å². The highest BCUT2D eigenvalue weighted by molar-refractivity contribution is 5.32. The fourth-order valence-corrected chi connectivity index (χ4v) is 3.89. The third-order valence-corrected chi connectivity index (χ3v) is 5.31. The van der Waals surface area contributed by atoms with Gasteiger partial charge in [0.15, 0.2) is 0 Å². The minimum atomic E-state index is 0.703. The second-order valence-corrected chi connectivity index (χ2v) is 6.64. The van der Waals surface area contributed by atoms with Crippen molar-refractivity contribution in [3.8, 4) is 5.75 Å². The van der Waals surface area contributed by atoms with Crippen LogP contribution in [-0.4, -0.2) is 19.2 Å². The van der Waals surface area contributed by atoms with Crippen molar-refractivity contribution >= 4 is 0 Å². The minimum absolute atomic E-state index is 0.703. The number of ether oxygens (including phenoxy) is 1. The van der Waals surface area contributed by atoms with Crippen molar-refractivity contribution in [1.82, 2.24) is 5.32 Å². The maximum Gasteiger partial charge on any atom is 0.119 e. The molecule has 0 bridgehead atoms. The van der Waals surface area contributed by atoms with Gasteiger partial charge in [0.25, 0.3) is 0 Å². The monoisotopic (exact) mass is 273 g/mol. The van der Waals surface area contributed by atoms with Crippen LogP contribution in [0.4, 0.5) is 0 Å². The van der Waals surface area contributed by atoms with E-state index in [1.165, 1.54) is 44.1 Å². The average Bonchev–Trinajstić information content (AvgIpc) is 2.96.